The van der Waals surface area contributed by atoms with Crippen molar-refractivity contribution in [2.24, 2.45) is 17.3 Å². The fraction of sp³-hybridized carbons (Fsp3) is 1.00. The van der Waals surface area contributed by atoms with Crippen LogP contribution in [0.25, 0.3) is 0 Å². The molecule has 2 aliphatic rings. The summed E-state index contributed by atoms with van der Waals surface area (Å²) in [4.78, 5) is 2.62. The molecule has 0 radical (unpaired) electrons. The summed E-state index contributed by atoms with van der Waals surface area (Å²) in [5.74, 6) is 1.81. The zero-order valence-electron chi connectivity index (χ0n) is 13.5. The molecule has 2 fully saturated rings. The van der Waals surface area contributed by atoms with Gasteiger partial charge in [-0.15, -0.1) is 0 Å². The van der Waals surface area contributed by atoms with Crippen LogP contribution in [0.5, 0.6) is 0 Å². The standard InChI is InChI=1S/C17H34N2/c1-17(2)11-10-15(16(17)18-3)13-19(4)12-14-8-6-5-7-9-14/h14-16,18H,5-13H2,1-4H3. The molecular formula is C17H34N2. The maximum atomic E-state index is 3.59. The van der Waals surface area contributed by atoms with E-state index in [1.807, 2.05) is 0 Å². The van der Waals surface area contributed by atoms with Crippen molar-refractivity contribution < 1.29 is 0 Å². The molecule has 2 unspecified atom stereocenters. The monoisotopic (exact) mass is 266 g/mol. The van der Waals surface area contributed by atoms with Gasteiger partial charge in [0.05, 0.1) is 0 Å². The second kappa shape index (κ2) is 6.58. The Bertz CT molecular complexity index is 268. The van der Waals surface area contributed by atoms with Crippen LogP contribution in [-0.4, -0.2) is 38.1 Å². The average Bonchev–Trinajstić information content (AvgIpc) is 2.65. The molecule has 19 heavy (non-hydrogen) atoms. The van der Waals surface area contributed by atoms with Crippen LogP contribution in [0.4, 0.5) is 0 Å². The van der Waals surface area contributed by atoms with Crippen LogP contribution < -0.4 is 5.32 Å². The number of hydrogen-bond acceptors (Lipinski definition) is 2. The Balaban J connectivity index is 1.79. The molecule has 2 saturated carbocycles. The summed E-state index contributed by atoms with van der Waals surface area (Å²) in [6.07, 6.45) is 10.1. The number of hydrogen-bond donors (Lipinski definition) is 1. The van der Waals surface area contributed by atoms with Crippen molar-refractivity contribution in [2.45, 2.75) is 64.8 Å². The number of nitrogens with one attached hydrogen (secondary N) is 1. The molecule has 0 aromatic carbocycles. The molecule has 2 heteroatoms. The largest absolute Gasteiger partial charge is 0.316 e. The highest BCUT2D eigenvalue weighted by molar-refractivity contribution is 4.96. The lowest BCUT2D eigenvalue weighted by atomic mass is 9.84. The summed E-state index contributed by atoms with van der Waals surface area (Å²) in [7, 11) is 4.48. The maximum Gasteiger partial charge on any atom is 0.0156 e. The van der Waals surface area contributed by atoms with Crippen molar-refractivity contribution in [3.63, 3.8) is 0 Å². The molecule has 0 spiro atoms. The molecule has 2 aliphatic carbocycles. The highest BCUT2D eigenvalue weighted by Gasteiger charge is 2.41. The van der Waals surface area contributed by atoms with E-state index in [-0.39, 0.29) is 0 Å². The van der Waals surface area contributed by atoms with Crippen LogP contribution >= 0.6 is 0 Å². The van der Waals surface area contributed by atoms with Gasteiger partial charge in [-0.2, -0.15) is 0 Å². The average molecular weight is 266 g/mol. The number of rotatable bonds is 5. The lowest BCUT2D eigenvalue weighted by Crippen LogP contribution is -2.44. The van der Waals surface area contributed by atoms with Gasteiger partial charge in [0.15, 0.2) is 0 Å². The zero-order chi connectivity index (χ0) is 13.9. The van der Waals surface area contributed by atoms with Crippen molar-refractivity contribution >= 4 is 0 Å². The third-order valence-electron chi connectivity index (χ3n) is 5.62. The Morgan fingerprint density at radius 2 is 1.74 bits per heavy atom. The van der Waals surface area contributed by atoms with E-state index in [0.717, 1.165) is 11.8 Å². The quantitative estimate of drug-likeness (QED) is 0.819. The summed E-state index contributed by atoms with van der Waals surface area (Å²) in [5, 5.41) is 3.59. The third-order valence-corrected chi connectivity index (χ3v) is 5.62. The highest BCUT2D eigenvalue weighted by Crippen LogP contribution is 2.41. The minimum atomic E-state index is 0.477. The molecule has 0 heterocycles. The van der Waals surface area contributed by atoms with Crippen LogP contribution in [-0.2, 0) is 0 Å². The van der Waals surface area contributed by atoms with Crippen molar-refractivity contribution in [3.8, 4) is 0 Å². The van der Waals surface area contributed by atoms with Crippen molar-refractivity contribution in [2.75, 3.05) is 27.2 Å². The van der Waals surface area contributed by atoms with Gasteiger partial charge in [-0.25, -0.2) is 0 Å². The van der Waals surface area contributed by atoms with Gasteiger partial charge in [0.2, 0.25) is 0 Å². The Labute approximate surface area is 120 Å². The van der Waals surface area contributed by atoms with E-state index in [1.54, 1.807) is 0 Å². The number of nitrogens with zero attached hydrogens (tertiary/aromatic N) is 1. The van der Waals surface area contributed by atoms with Gasteiger partial charge in [-0.05, 0) is 57.0 Å². The first-order valence-corrected chi connectivity index (χ1v) is 8.39. The SMILES string of the molecule is CNC1C(CN(C)CC2CCCCC2)CCC1(C)C. The molecule has 2 rings (SSSR count). The molecule has 112 valence electrons. The predicted molar refractivity (Wildman–Crippen MR) is 83.4 cm³/mol. The van der Waals surface area contributed by atoms with Crippen molar-refractivity contribution in [3.05, 3.63) is 0 Å². The molecule has 0 amide bonds. The molecule has 1 N–H and O–H groups in total. The first-order chi connectivity index (χ1) is 9.03. The van der Waals surface area contributed by atoms with Gasteiger partial charge in [0, 0.05) is 19.1 Å². The van der Waals surface area contributed by atoms with Crippen LogP contribution in [0.1, 0.15) is 58.8 Å². The third kappa shape index (κ3) is 3.95. The van der Waals surface area contributed by atoms with Crippen LogP contribution in [0.3, 0.4) is 0 Å². The fourth-order valence-corrected chi connectivity index (χ4v) is 4.63. The fourth-order valence-electron chi connectivity index (χ4n) is 4.63. The molecule has 2 atom stereocenters. The van der Waals surface area contributed by atoms with E-state index in [0.29, 0.717) is 11.5 Å². The first-order valence-electron chi connectivity index (χ1n) is 8.39. The van der Waals surface area contributed by atoms with Gasteiger partial charge in [-0.3, -0.25) is 0 Å². The lowest BCUT2D eigenvalue weighted by Gasteiger charge is -2.34. The molecule has 0 saturated heterocycles. The van der Waals surface area contributed by atoms with E-state index >= 15 is 0 Å². The molecule has 2 nitrogen and oxygen atoms in total. The van der Waals surface area contributed by atoms with Gasteiger partial charge >= 0.3 is 0 Å². The van der Waals surface area contributed by atoms with E-state index in [9.17, 15) is 0 Å². The Morgan fingerprint density at radius 3 is 2.37 bits per heavy atom. The second-order valence-corrected chi connectivity index (χ2v) is 7.78. The van der Waals surface area contributed by atoms with Gasteiger partial charge in [0.1, 0.15) is 0 Å². The topological polar surface area (TPSA) is 15.3 Å². The Kier molecular flexibility index (Phi) is 5.30. The van der Waals surface area contributed by atoms with E-state index < -0.39 is 0 Å². The molecule has 0 aromatic heterocycles. The summed E-state index contributed by atoms with van der Waals surface area (Å²) in [6, 6.07) is 0.696. The van der Waals surface area contributed by atoms with Crippen molar-refractivity contribution in [1.29, 1.82) is 0 Å². The minimum Gasteiger partial charge on any atom is -0.316 e. The lowest BCUT2D eigenvalue weighted by molar-refractivity contribution is 0.180. The molecular weight excluding hydrogens is 232 g/mol. The molecule has 0 aliphatic heterocycles. The van der Waals surface area contributed by atoms with E-state index in [2.05, 4.69) is 38.2 Å². The van der Waals surface area contributed by atoms with Gasteiger partial charge in [-0.1, -0.05) is 33.1 Å². The van der Waals surface area contributed by atoms with Crippen LogP contribution in [0.2, 0.25) is 0 Å². The summed E-state index contributed by atoms with van der Waals surface area (Å²) >= 11 is 0. The summed E-state index contributed by atoms with van der Waals surface area (Å²) < 4.78 is 0. The molecule has 0 aromatic rings. The smallest absolute Gasteiger partial charge is 0.0156 e. The Hall–Kier alpha value is -0.0800. The normalized spacial score (nSPS) is 32.1. The highest BCUT2D eigenvalue weighted by atomic mass is 15.1. The first kappa shape index (κ1) is 15.3. The van der Waals surface area contributed by atoms with Crippen molar-refractivity contribution in [1.82, 2.24) is 10.2 Å². The van der Waals surface area contributed by atoms with E-state index in [4.69, 9.17) is 0 Å². The second-order valence-electron chi connectivity index (χ2n) is 7.78. The predicted octanol–water partition coefficient (Wildman–Crippen LogP) is 3.52. The zero-order valence-corrected chi connectivity index (χ0v) is 13.5. The summed E-state index contributed by atoms with van der Waals surface area (Å²) in [5.41, 5.74) is 0.477. The Morgan fingerprint density at radius 1 is 1.05 bits per heavy atom. The van der Waals surface area contributed by atoms with E-state index in [1.165, 1.54) is 58.0 Å². The molecule has 0 bridgehead atoms. The van der Waals surface area contributed by atoms with Gasteiger partial charge in [0.25, 0.3) is 0 Å². The van der Waals surface area contributed by atoms with Gasteiger partial charge < -0.3 is 10.2 Å². The maximum absolute atomic E-state index is 3.59. The van der Waals surface area contributed by atoms with Crippen LogP contribution in [0, 0.1) is 17.3 Å². The minimum absolute atomic E-state index is 0.477. The summed E-state index contributed by atoms with van der Waals surface area (Å²) in [6.45, 7) is 7.46. The van der Waals surface area contributed by atoms with Crippen LogP contribution in [0.15, 0.2) is 0 Å².